The maximum atomic E-state index is 6.38. The van der Waals surface area contributed by atoms with E-state index in [4.69, 9.17) is 20.3 Å². The topological polar surface area (TPSA) is 87.6 Å². The van der Waals surface area contributed by atoms with Gasteiger partial charge in [-0.1, -0.05) is 0 Å². The molecular weight excluding hydrogens is 330 g/mol. The second-order valence-corrected chi connectivity index (χ2v) is 6.00. The van der Waals surface area contributed by atoms with E-state index < -0.39 is 0 Å². The maximum Gasteiger partial charge on any atom is 0.231 e. The molecule has 0 saturated carbocycles. The number of hydrogen-bond acceptors (Lipinski definition) is 6. The number of aromatic nitrogens is 4. The molecule has 26 heavy (non-hydrogen) atoms. The predicted molar refractivity (Wildman–Crippen MR) is 94.8 cm³/mol. The average molecular weight is 345 g/mol. The molecule has 7 heteroatoms. The van der Waals surface area contributed by atoms with Gasteiger partial charge in [-0.25, -0.2) is 9.50 Å². The van der Waals surface area contributed by atoms with Gasteiger partial charge in [-0.15, -0.1) is 0 Å². The Morgan fingerprint density at radius 3 is 2.73 bits per heavy atom. The Labute approximate surface area is 149 Å². The minimum absolute atomic E-state index is 0.245. The molecule has 0 radical (unpaired) electrons. The Kier molecular flexibility index (Phi) is 3.32. The van der Waals surface area contributed by atoms with Gasteiger partial charge in [0.25, 0.3) is 0 Å². The summed E-state index contributed by atoms with van der Waals surface area (Å²) in [5.74, 6) is 1.47. The van der Waals surface area contributed by atoms with Crippen LogP contribution in [0.4, 0.5) is 0 Å². The van der Waals surface area contributed by atoms with E-state index in [1.165, 1.54) is 0 Å². The van der Waals surface area contributed by atoms with Crippen LogP contribution in [0, 0.1) is 0 Å². The number of nitrogens with two attached hydrogens (primary N) is 1. The normalized spacial score (nSPS) is 13.9. The van der Waals surface area contributed by atoms with Crippen molar-refractivity contribution in [2.45, 2.75) is 6.04 Å². The van der Waals surface area contributed by atoms with Crippen molar-refractivity contribution >= 4 is 5.65 Å². The number of benzene rings is 1. The molecule has 1 atom stereocenters. The second-order valence-electron chi connectivity index (χ2n) is 6.00. The first kappa shape index (κ1) is 14.9. The summed E-state index contributed by atoms with van der Waals surface area (Å²) in [7, 11) is 0. The van der Waals surface area contributed by atoms with E-state index in [9.17, 15) is 0 Å². The lowest BCUT2D eigenvalue weighted by Crippen LogP contribution is -2.15. The summed E-state index contributed by atoms with van der Waals surface area (Å²) in [4.78, 5) is 8.47. The van der Waals surface area contributed by atoms with Crippen LogP contribution in [-0.4, -0.2) is 26.4 Å². The van der Waals surface area contributed by atoms with Crippen LogP contribution in [0.1, 0.15) is 17.3 Å². The average Bonchev–Trinajstić information content (AvgIpc) is 3.33. The van der Waals surface area contributed by atoms with Crippen molar-refractivity contribution < 1.29 is 9.47 Å². The summed E-state index contributed by atoms with van der Waals surface area (Å²) in [6, 6.07) is 13.1. The van der Waals surface area contributed by atoms with Crippen molar-refractivity contribution in [2.24, 2.45) is 5.73 Å². The quantitative estimate of drug-likeness (QED) is 0.614. The summed E-state index contributed by atoms with van der Waals surface area (Å²) < 4.78 is 12.6. The molecule has 4 heterocycles. The zero-order chi connectivity index (χ0) is 17.5. The molecule has 0 spiro atoms. The van der Waals surface area contributed by atoms with Gasteiger partial charge in [-0.05, 0) is 48.0 Å². The first-order valence-corrected chi connectivity index (χ1v) is 8.20. The number of rotatable bonds is 3. The Hall–Kier alpha value is -3.45. The van der Waals surface area contributed by atoms with E-state index in [0.29, 0.717) is 0 Å². The number of hydrogen-bond donors (Lipinski definition) is 1. The third-order valence-corrected chi connectivity index (χ3v) is 4.44. The summed E-state index contributed by atoms with van der Waals surface area (Å²) >= 11 is 0. The molecule has 3 aromatic heterocycles. The summed E-state index contributed by atoms with van der Waals surface area (Å²) in [5.41, 5.74) is 10.7. The molecular formula is C19H15N5O2. The van der Waals surface area contributed by atoms with Gasteiger partial charge >= 0.3 is 0 Å². The second kappa shape index (κ2) is 5.82. The molecule has 7 nitrogen and oxygen atoms in total. The molecule has 0 saturated heterocycles. The van der Waals surface area contributed by atoms with Gasteiger partial charge < -0.3 is 15.2 Å². The zero-order valence-electron chi connectivity index (χ0n) is 13.7. The monoisotopic (exact) mass is 345 g/mol. The maximum absolute atomic E-state index is 6.38. The van der Waals surface area contributed by atoms with E-state index in [0.717, 1.165) is 39.7 Å². The number of nitrogens with zero attached hydrogens (tertiary/aromatic N) is 4. The number of imidazole rings is 1. The lowest BCUT2D eigenvalue weighted by Gasteiger charge is -2.12. The van der Waals surface area contributed by atoms with Crippen LogP contribution >= 0.6 is 0 Å². The minimum atomic E-state index is -0.339. The largest absolute Gasteiger partial charge is 0.454 e. The van der Waals surface area contributed by atoms with Crippen molar-refractivity contribution in [3.8, 4) is 22.8 Å². The fourth-order valence-corrected chi connectivity index (χ4v) is 3.05. The van der Waals surface area contributed by atoms with Gasteiger partial charge in [-0.2, -0.15) is 5.10 Å². The Balaban J connectivity index is 1.59. The van der Waals surface area contributed by atoms with Crippen molar-refractivity contribution in [3.05, 3.63) is 72.3 Å². The Morgan fingerprint density at radius 1 is 1.00 bits per heavy atom. The number of fused-ring (bicyclic) bond motifs is 2. The molecule has 0 bridgehead atoms. The lowest BCUT2D eigenvalue weighted by atomic mass is 10.1. The van der Waals surface area contributed by atoms with Crippen molar-refractivity contribution in [1.29, 1.82) is 0 Å². The van der Waals surface area contributed by atoms with E-state index in [-0.39, 0.29) is 12.8 Å². The molecule has 0 fully saturated rings. The van der Waals surface area contributed by atoms with Crippen LogP contribution in [0.3, 0.4) is 0 Å². The first-order valence-electron chi connectivity index (χ1n) is 8.20. The fourth-order valence-electron chi connectivity index (χ4n) is 3.05. The number of ether oxygens (including phenoxy) is 2. The number of pyridine rings is 1. The van der Waals surface area contributed by atoms with Gasteiger partial charge in [0.2, 0.25) is 6.79 Å². The third kappa shape index (κ3) is 2.37. The van der Waals surface area contributed by atoms with Crippen molar-refractivity contribution in [3.63, 3.8) is 0 Å². The predicted octanol–water partition coefficient (Wildman–Crippen LogP) is 2.57. The Morgan fingerprint density at radius 2 is 1.85 bits per heavy atom. The fraction of sp³-hybridized carbons (Fsp3) is 0.105. The highest BCUT2D eigenvalue weighted by Crippen LogP contribution is 2.36. The molecule has 1 aliphatic heterocycles. The van der Waals surface area contributed by atoms with Crippen LogP contribution in [0.25, 0.3) is 16.9 Å². The summed E-state index contributed by atoms with van der Waals surface area (Å²) in [6.07, 6.45) is 5.24. The van der Waals surface area contributed by atoms with Crippen LogP contribution < -0.4 is 15.2 Å². The zero-order valence-corrected chi connectivity index (χ0v) is 13.7. The molecule has 5 rings (SSSR count). The van der Waals surface area contributed by atoms with Crippen LogP contribution in [0.2, 0.25) is 0 Å². The molecule has 1 aromatic carbocycles. The highest BCUT2D eigenvalue weighted by Gasteiger charge is 2.17. The SMILES string of the molecule is NC(c1ccncc1)c1ccc2ncc(-c3ccc4c(c3)OCO4)n2n1. The van der Waals surface area contributed by atoms with Gasteiger partial charge in [0.05, 0.1) is 23.6 Å². The minimum Gasteiger partial charge on any atom is -0.454 e. The first-order chi connectivity index (χ1) is 12.8. The van der Waals surface area contributed by atoms with Gasteiger partial charge in [0, 0.05) is 18.0 Å². The molecule has 0 aliphatic carbocycles. The van der Waals surface area contributed by atoms with Crippen LogP contribution in [0.15, 0.2) is 61.1 Å². The van der Waals surface area contributed by atoms with Gasteiger partial charge in [-0.3, -0.25) is 4.98 Å². The highest BCUT2D eigenvalue weighted by molar-refractivity contribution is 5.67. The van der Waals surface area contributed by atoms with Crippen molar-refractivity contribution in [1.82, 2.24) is 19.6 Å². The van der Waals surface area contributed by atoms with Crippen LogP contribution in [-0.2, 0) is 0 Å². The highest BCUT2D eigenvalue weighted by atomic mass is 16.7. The smallest absolute Gasteiger partial charge is 0.231 e. The van der Waals surface area contributed by atoms with Crippen LogP contribution in [0.5, 0.6) is 11.5 Å². The lowest BCUT2D eigenvalue weighted by molar-refractivity contribution is 0.174. The molecule has 1 unspecified atom stereocenters. The van der Waals surface area contributed by atoms with E-state index in [1.54, 1.807) is 23.1 Å². The summed E-state index contributed by atoms with van der Waals surface area (Å²) in [5, 5.41) is 4.72. The Bertz CT molecular complexity index is 1090. The molecule has 2 N–H and O–H groups in total. The third-order valence-electron chi connectivity index (χ3n) is 4.44. The molecule has 0 amide bonds. The van der Waals surface area contributed by atoms with E-state index in [1.807, 2.05) is 42.5 Å². The molecule has 128 valence electrons. The van der Waals surface area contributed by atoms with Crippen molar-refractivity contribution in [2.75, 3.05) is 6.79 Å². The molecule has 4 aromatic rings. The van der Waals surface area contributed by atoms with E-state index in [2.05, 4.69) is 9.97 Å². The van der Waals surface area contributed by atoms with Gasteiger partial charge in [0.15, 0.2) is 17.1 Å². The summed E-state index contributed by atoms with van der Waals surface area (Å²) in [6.45, 7) is 0.245. The standard InChI is InChI=1S/C19H15N5O2/c20-19(12-5-7-21-8-6-12)14-2-4-18-22-10-15(24(18)23-14)13-1-3-16-17(9-13)26-11-25-16/h1-10,19H,11,20H2. The van der Waals surface area contributed by atoms with Gasteiger partial charge in [0.1, 0.15) is 0 Å². The molecule has 1 aliphatic rings. The van der Waals surface area contributed by atoms with E-state index >= 15 is 0 Å².